The first-order valence-corrected chi connectivity index (χ1v) is 9.81. The molecular formula is C17H22N2O5S. The highest BCUT2D eigenvalue weighted by Crippen LogP contribution is 2.43. The number of hydrogen-bond donors (Lipinski definition) is 1. The summed E-state index contributed by atoms with van der Waals surface area (Å²) in [5.41, 5.74) is 5.44. The normalized spacial score (nSPS) is 26.8. The first-order chi connectivity index (χ1) is 11.9. The molecule has 1 aliphatic heterocycles. The van der Waals surface area contributed by atoms with Crippen LogP contribution in [-0.2, 0) is 19.6 Å². The number of fused-ring (bicyclic) bond motifs is 1. The molecule has 1 aromatic carbocycles. The molecule has 0 aromatic heterocycles. The minimum absolute atomic E-state index is 0.0534. The Bertz CT molecular complexity index is 775. The predicted octanol–water partition coefficient (Wildman–Crippen LogP) is 1.28. The summed E-state index contributed by atoms with van der Waals surface area (Å²) in [6, 6.07) is 4.52. The Morgan fingerprint density at radius 2 is 1.80 bits per heavy atom. The van der Waals surface area contributed by atoms with Gasteiger partial charge in [0.15, 0.2) is 0 Å². The molecule has 1 aromatic rings. The summed E-state index contributed by atoms with van der Waals surface area (Å²) in [5.74, 6) is -0.964. The highest BCUT2D eigenvalue weighted by molar-refractivity contribution is 7.89. The number of nitrogens with zero attached hydrogens (tertiary/aromatic N) is 1. The van der Waals surface area contributed by atoms with Gasteiger partial charge in [-0.3, -0.25) is 9.59 Å². The molecule has 1 saturated heterocycles. The van der Waals surface area contributed by atoms with Gasteiger partial charge in [-0.1, -0.05) is 12.8 Å². The zero-order valence-corrected chi connectivity index (χ0v) is 14.9. The molecule has 136 valence electrons. The van der Waals surface area contributed by atoms with Gasteiger partial charge in [0, 0.05) is 11.6 Å². The maximum Gasteiger partial charge on any atom is 0.324 e. The molecule has 0 spiro atoms. The zero-order chi connectivity index (χ0) is 18.2. The molecule has 8 heteroatoms. The third-order valence-electron chi connectivity index (χ3n) is 5.22. The first-order valence-electron chi connectivity index (χ1n) is 8.37. The second-order valence-corrected chi connectivity index (χ2v) is 8.45. The molecule has 2 fully saturated rings. The summed E-state index contributed by atoms with van der Waals surface area (Å²) in [6.07, 6.45) is 4.16. The van der Waals surface area contributed by atoms with Crippen molar-refractivity contribution in [3.63, 3.8) is 0 Å². The lowest BCUT2D eigenvalue weighted by Crippen LogP contribution is -2.46. The van der Waals surface area contributed by atoms with Gasteiger partial charge >= 0.3 is 5.97 Å². The summed E-state index contributed by atoms with van der Waals surface area (Å²) in [7, 11) is -2.60. The lowest BCUT2D eigenvalue weighted by Gasteiger charge is -2.32. The van der Waals surface area contributed by atoms with Gasteiger partial charge in [0.1, 0.15) is 6.04 Å². The number of carbonyl (C=O) groups excluding carboxylic acids is 2. The van der Waals surface area contributed by atoms with Crippen LogP contribution in [0.15, 0.2) is 29.2 Å². The maximum absolute atomic E-state index is 13.2. The van der Waals surface area contributed by atoms with E-state index in [1.54, 1.807) is 0 Å². The SMILES string of the molecule is COC(=O)[C@@H]1C[C@@H]2CCCC[C@H]2N1S(=O)(=O)c1ccc(C(N)=O)cc1. The number of sulfonamides is 1. The molecule has 1 heterocycles. The van der Waals surface area contributed by atoms with Gasteiger partial charge < -0.3 is 10.5 Å². The van der Waals surface area contributed by atoms with E-state index in [1.165, 1.54) is 35.7 Å². The molecular weight excluding hydrogens is 344 g/mol. The van der Waals surface area contributed by atoms with Crippen molar-refractivity contribution in [1.82, 2.24) is 4.31 Å². The largest absolute Gasteiger partial charge is 0.468 e. The minimum atomic E-state index is -3.88. The van der Waals surface area contributed by atoms with Crippen molar-refractivity contribution in [2.75, 3.05) is 7.11 Å². The topological polar surface area (TPSA) is 107 Å². The van der Waals surface area contributed by atoms with Crippen LogP contribution in [0.25, 0.3) is 0 Å². The van der Waals surface area contributed by atoms with Gasteiger partial charge in [0.05, 0.1) is 12.0 Å². The van der Waals surface area contributed by atoms with Gasteiger partial charge in [-0.25, -0.2) is 8.42 Å². The number of hydrogen-bond acceptors (Lipinski definition) is 5. The maximum atomic E-state index is 13.2. The summed E-state index contributed by atoms with van der Waals surface area (Å²) in [6.45, 7) is 0. The van der Waals surface area contributed by atoms with Gasteiger partial charge in [0.2, 0.25) is 15.9 Å². The van der Waals surface area contributed by atoms with Crippen molar-refractivity contribution in [2.24, 2.45) is 11.7 Å². The molecule has 2 aliphatic rings. The van der Waals surface area contributed by atoms with Crippen LogP contribution in [0.5, 0.6) is 0 Å². The van der Waals surface area contributed by atoms with E-state index in [4.69, 9.17) is 10.5 Å². The van der Waals surface area contributed by atoms with E-state index < -0.39 is 27.9 Å². The number of rotatable bonds is 4. The Hall–Kier alpha value is -1.93. The average molecular weight is 366 g/mol. The Morgan fingerprint density at radius 1 is 1.16 bits per heavy atom. The lowest BCUT2D eigenvalue weighted by atomic mass is 9.85. The van der Waals surface area contributed by atoms with E-state index in [1.807, 2.05) is 0 Å². The third kappa shape index (κ3) is 3.16. The van der Waals surface area contributed by atoms with Crippen LogP contribution >= 0.6 is 0 Å². The Labute approximate surface area is 147 Å². The molecule has 0 bridgehead atoms. The number of benzene rings is 1. The van der Waals surface area contributed by atoms with Crippen LogP contribution in [-0.4, -0.2) is 43.8 Å². The molecule has 7 nitrogen and oxygen atoms in total. The lowest BCUT2D eigenvalue weighted by molar-refractivity contribution is -0.144. The van der Waals surface area contributed by atoms with E-state index in [2.05, 4.69) is 0 Å². The van der Waals surface area contributed by atoms with Crippen LogP contribution in [0.3, 0.4) is 0 Å². The summed E-state index contributed by atoms with van der Waals surface area (Å²) >= 11 is 0. The summed E-state index contributed by atoms with van der Waals surface area (Å²) in [4.78, 5) is 23.4. The number of amides is 1. The molecule has 1 aliphatic carbocycles. The number of esters is 1. The number of ether oxygens (including phenoxy) is 1. The van der Waals surface area contributed by atoms with Gasteiger partial charge in [0.25, 0.3) is 0 Å². The Kier molecular flexibility index (Phi) is 4.83. The fourth-order valence-electron chi connectivity index (χ4n) is 4.01. The second kappa shape index (κ2) is 6.76. The third-order valence-corrected chi connectivity index (χ3v) is 7.16. The summed E-state index contributed by atoms with van der Waals surface area (Å²) < 4.78 is 32.6. The molecule has 2 N–H and O–H groups in total. The van der Waals surface area contributed by atoms with Crippen molar-refractivity contribution in [3.8, 4) is 0 Å². The van der Waals surface area contributed by atoms with Crippen molar-refractivity contribution in [2.45, 2.75) is 49.1 Å². The van der Waals surface area contributed by atoms with Crippen LogP contribution in [0.2, 0.25) is 0 Å². The van der Waals surface area contributed by atoms with Crippen LogP contribution < -0.4 is 5.73 Å². The molecule has 25 heavy (non-hydrogen) atoms. The molecule has 3 rings (SSSR count). The van der Waals surface area contributed by atoms with Crippen LogP contribution in [0, 0.1) is 5.92 Å². The molecule has 3 atom stereocenters. The second-order valence-electron chi connectivity index (χ2n) is 6.61. The average Bonchev–Trinajstić information content (AvgIpc) is 3.01. The number of nitrogens with two attached hydrogens (primary N) is 1. The predicted molar refractivity (Wildman–Crippen MR) is 90.2 cm³/mol. The van der Waals surface area contributed by atoms with Gasteiger partial charge in [-0.2, -0.15) is 4.31 Å². The van der Waals surface area contributed by atoms with Crippen LogP contribution in [0.4, 0.5) is 0 Å². The van der Waals surface area contributed by atoms with Gasteiger partial charge in [-0.05, 0) is 49.4 Å². The number of primary amides is 1. The highest BCUT2D eigenvalue weighted by Gasteiger charge is 2.51. The molecule has 1 amide bonds. The van der Waals surface area contributed by atoms with E-state index in [-0.39, 0.29) is 22.4 Å². The zero-order valence-electron chi connectivity index (χ0n) is 14.1. The standard InChI is InChI=1S/C17H22N2O5S/c1-24-17(21)15-10-12-4-2-3-5-14(12)19(15)25(22,23)13-8-6-11(7-9-13)16(18)20/h6-9,12,14-15H,2-5,10H2,1H3,(H2,18,20)/t12-,14+,15-/m0/s1. The minimum Gasteiger partial charge on any atom is -0.468 e. The van der Waals surface area contributed by atoms with Crippen molar-refractivity contribution in [3.05, 3.63) is 29.8 Å². The van der Waals surface area contributed by atoms with Gasteiger partial charge in [-0.15, -0.1) is 0 Å². The fraction of sp³-hybridized carbons (Fsp3) is 0.529. The van der Waals surface area contributed by atoms with E-state index in [0.717, 1.165) is 25.7 Å². The molecule has 1 saturated carbocycles. The fourth-order valence-corrected chi connectivity index (χ4v) is 5.88. The van der Waals surface area contributed by atoms with Crippen molar-refractivity contribution < 1.29 is 22.7 Å². The number of carbonyl (C=O) groups is 2. The molecule has 0 radical (unpaired) electrons. The Morgan fingerprint density at radius 3 is 2.40 bits per heavy atom. The van der Waals surface area contributed by atoms with E-state index >= 15 is 0 Å². The molecule has 0 unspecified atom stereocenters. The van der Waals surface area contributed by atoms with E-state index in [9.17, 15) is 18.0 Å². The summed E-state index contributed by atoms with van der Waals surface area (Å²) in [5, 5.41) is 0. The number of methoxy groups -OCH3 is 1. The van der Waals surface area contributed by atoms with Crippen molar-refractivity contribution >= 4 is 21.9 Å². The smallest absolute Gasteiger partial charge is 0.324 e. The van der Waals surface area contributed by atoms with Crippen molar-refractivity contribution in [1.29, 1.82) is 0 Å². The van der Waals surface area contributed by atoms with Crippen LogP contribution in [0.1, 0.15) is 42.5 Å². The Balaban J connectivity index is 1.99. The van der Waals surface area contributed by atoms with E-state index in [0.29, 0.717) is 6.42 Å². The first kappa shape index (κ1) is 17.9. The highest BCUT2D eigenvalue weighted by atomic mass is 32.2. The monoisotopic (exact) mass is 366 g/mol. The quantitative estimate of drug-likeness (QED) is 0.808.